The van der Waals surface area contributed by atoms with Gasteiger partial charge >= 0.3 is 0 Å². The third-order valence-electron chi connectivity index (χ3n) is 15.1. The highest BCUT2D eigenvalue weighted by Gasteiger charge is 2.80. The molecule has 0 aromatic heterocycles. The van der Waals surface area contributed by atoms with Crippen LogP contribution in [-0.4, -0.2) is 77.0 Å². The molecule has 12 atom stereocenters. The molecule has 5 aliphatic carbocycles. The van der Waals surface area contributed by atoms with Gasteiger partial charge in [-0.1, -0.05) is 34.1 Å². The van der Waals surface area contributed by atoms with Crippen molar-refractivity contribution in [1.29, 1.82) is 0 Å². The molecule has 5 saturated carbocycles. The van der Waals surface area contributed by atoms with Gasteiger partial charge in [0.05, 0.1) is 37.1 Å². The summed E-state index contributed by atoms with van der Waals surface area (Å²) in [5.41, 5.74) is 0.199. The first kappa shape index (κ1) is 31.8. The number of carbonyl (C=O) groups excluding carboxylic acids is 1. The normalized spacial score (nSPS) is 48.3. The van der Waals surface area contributed by atoms with Crippen molar-refractivity contribution in [3.63, 3.8) is 0 Å². The molecule has 1 amide bonds. The number of fused-ring (bicyclic) bond motifs is 4. The maximum atomic E-state index is 12.7. The molecule has 250 valence electrons. The summed E-state index contributed by atoms with van der Waals surface area (Å²) in [5.74, 6) is 2.98. The number of unbranched alkanes of at least 4 members (excludes halogenated alkanes) is 1. The van der Waals surface area contributed by atoms with E-state index in [9.17, 15) is 15.0 Å². The number of aliphatic hydroxyl groups excluding tert-OH is 1. The van der Waals surface area contributed by atoms with Crippen molar-refractivity contribution < 1.29 is 29.2 Å². The molecule has 7 nitrogen and oxygen atoms in total. The molecule has 7 rings (SSSR count). The van der Waals surface area contributed by atoms with Crippen LogP contribution in [0.3, 0.4) is 0 Å². The minimum atomic E-state index is -1.14. The Balaban J connectivity index is 1.03. The molecule has 2 heterocycles. The fraction of sp³-hybridized carbons (Fsp3) is 0.973. The predicted octanol–water partition coefficient (Wildman–Crippen LogP) is 6.09. The van der Waals surface area contributed by atoms with Gasteiger partial charge in [-0.05, 0) is 130 Å². The maximum Gasteiger partial charge on any atom is 0.222 e. The van der Waals surface area contributed by atoms with Gasteiger partial charge in [0.25, 0.3) is 0 Å². The molecule has 7 unspecified atom stereocenters. The van der Waals surface area contributed by atoms with Crippen LogP contribution in [0.25, 0.3) is 0 Å². The van der Waals surface area contributed by atoms with E-state index in [1.54, 1.807) is 13.8 Å². The monoisotopic (exact) mass is 615 g/mol. The Morgan fingerprint density at radius 3 is 2.55 bits per heavy atom. The zero-order chi connectivity index (χ0) is 31.3. The van der Waals surface area contributed by atoms with Crippen molar-refractivity contribution in [2.75, 3.05) is 19.7 Å². The summed E-state index contributed by atoms with van der Waals surface area (Å²) in [6.45, 7) is 14.9. The van der Waals surface area contributed by atoms with E-state index in [0.29, 0.717) is 60.1 Å². The molecule has 0 aromatic rings. The standard InChI is InChI=1S/C37H61NO6/c1-7-8-9-30(39)38-18-19-42-31(21-38)44-29-14-15-37-22-36(37)17-16-35(6)24-10-12-26(32(40)34(4,5)41)43-27(24)20-25(35)23(36)11-13-28(37)33(29,2)3/h23-29,31-32,40-41H,7-22H2,1-6H3/t23?,24?,25?,26?,27?,28?,29-,31?,32-,35+,36-,37+/m0/s1. The van der Waals surface area contributed by atoms with E-state index in [2.05, 4.69) is 27.7 Å². The molecule has 2 saturated heterocycles. The lowest BCUT2D eigenvalue weighted by molar-refractivity contribution is -0.244. The van der Waals surface area contributed by atoms with Crippen molar-refractivity contribution in [2.24, 2.45) is 45.3 Å². The summed E-state index contributed by atoms with van der Waals surface area (Å²) in [6.07, 6.45) is 13.7. The Kier molecular flexibility index (Phi) is 7.89. The van der Waals surface area contributed by atoms with Gasteiger partial charge in [0.1, 0.15) is 6.10 Å². The van der Waals surface area contributed by atoms with Gasteiger partial charge in [0.2, 0.25) is 5.91 Å². The first-order valence-electron chi connectivity index (χ1n) is 18.4. The minimum absolute atomic E-state index is 0.0819. The topological polar surface area (TPSA) is 88.5 Å². The van der Waals surface area contributed by atoms with E-state index < -0.39 is 11.7 Å². The number of aliphatic hydroxyl groups is 2. The van der Waals surface area contributed by atoms with Crippen molar-refractivity contribution in [2.45, 2.75) is 161 Å². The van der Waals surface area contributed by atoms with Crippen molar-refractivity contribution in [1.82, 2.24) is 4.90 Å². The Morgan fingerprint density at radius 1 is 1.02 bits per heavy atom. The highest BCUT2D eigenvalue weighted by molar-refractivity contribution is 5.76. The average molecular weight is 616 g/mol. The summed E-state index contributed by atoms with van der Waals surface area (Å²) in [7, 11) is 0. The van der Waals surface area contributed by atoms with Gasteiger partial charge < -0.3 is 29.3 Å². The molecule has 7 fully saturated rings. The fourth-order valence-corrected chi connectivity index (χ4v) is 12.8. The molecule has 0 bridgehead atoms. The van der Waals surface area contributed by atoms with Crippen LogP contribution < -0.4 is 0 Å². The second-order valence-corrected chi connectivity index (χ2v) is 17.8. The largest absolute Gasteiger partial charge is 0.388 e. The Hall–Kier alpha value is -0.730. The Bertz CT molecular complexity index is 1100. The quantitative estimate of drug-likeness (QED) is 0.361. The molecule has 44 heavy (non-hydrogen) atoms. The van der Waals surface area contributed by atoms with E-state index in [0.717, 1.165) is 44.4 Å². The van der Waals surface area contributed by atoms with E-state index in [4.69, 9.17) is 14.2 Å². The summed E-state index contributed by atoms with van der Waals surface area (Å²) in [4.78, 5) is 14.7. The molecule has 7 heteroatoms. The number of nitrogens with zero attached hydrogens (tertiary/aromatic N) is 1. The SMILES string of the molecule is CCCCC(=O)N1CCOC(O[C@H]2CC[C@]34C[C@]35CC[C@]3(C)C6CCC([C@H](O)C(C)(C)O)OC6CC3C5CCC4C2(C)C)C1. The van der Waals surface area contributed by atoms with Crippen LogP contribution in [0, 0.1) is 45.3 Å². The highest BCUT2D eigenvalue weighted by Crippen LogP contribution is 2.87. The van der Waals surface area contributed by atoms with Gasteiger partial charge in [-0.25, -0.2) is 0 Å². The molecule has 2 aliphatic heterocycles. The summed E-state index contributed by atoms with van der Waals surface area (Å²) >= 11 is 0. The average Bonchev–Trinajstić information content (AvgIpc) is 3.56. The second-order valence-electron chi connectivity index (χ2n) is 17.8. The van der Waals surface area contributed by atoms with Crippen LogP contribution in [0.2, 0.25) is 0 Å². The van der Waals surface area contributed by atoms with Gasteiger partial charge in [-0.15, -0.1) is 0 Å². The number of rotatable bonds is 7. The number of carbonyl (C=O) groups is 1. The number of hydrogen-bond donors (Lipinski definition) is 2. The lowest BCUT2D eigenvalue weighted by Gasteiger charge is -2.60. The third-order valence-corrected chi connectivity index (χ3v) is 15.1. The number of ether oxygens (including phenoxy) is 3. The van der Waals surface area contributed by atoms with Crippen LogP contribution in [0.15, 0.2) is 0 Å². The zero-order valence-electron chi connectivity index (χ0n) is 28.5. The molecular formula is C37H61NO6. The van der Waals surface area contributed by atoms with Crippen molar-refractivity contribution >= 4 is 5.91 Å². The predicted molar refractivity (Wildman–Crippen MR) is 169 cm³/mol. The van der Waals surface area contributed by atoms with Crippen LogP contribution >= 0.6 is 0 Å². The second kappa shape index (κ2) is 10.9. The smallest absolute Gasteiger partial charge is 0.222 e. The molecule has 2 N–H and O–H groups in total. The molecule has 0 aromatic carbocycles. The van der Waals surface area contributed by atoms with E-state index in [1.807, 2.05) is 4.90 Å². The number of morpholine rings is 1. The minimum Gasteiger partial charge on any atom is -0.388 e. The van der Waals surface area contributed by atoms with Crippen LogP contribution in [0.1, 0.15) is 125 Å². The Labute approximate surface area is 266 Å². The van der Waals surface area contributed by atoms with E-state index in [1.165, 1.54) is 38.5 Å². The van der Waals surface area contributed by atoms with Crippen LogP contribution in [-0.2, 0) is 19.0 Å². The summed E-state index contributed by atoms with van der Waals surface area (Å²) in [5, 5.41) is 21.3. The summed E-state index contributed by atoms with van der Waals surface area (Å²) < 4.78 is 19.6. The Morgan fingerprint density at radius 2 is 1.80 bits per heavy atom. The highest BCUT2D eigenvalue weighted by atomic mass is 16.7. The van der Waals surface area contributed by atoms with Crippen LogP contribution in [0.5, 0.6) is 0 Å². The fourth-order valence-electron chi connectivity index (χ4n) is 12.8. The maximum absolute atomic E-state index is 12.7. The number of hydrogen-bond acceptors (Lipinski definition) is 6. The van der Waals surface area contributed by atoms with Crippen molar-refractivity contribution in [3.05, 3.63) is 0 Å². The molecule has 2 spiro atoms. The number of amides is 1. The van der Waals surface area contributed by atoms with Crippen molar-refractivity contribution in [3.8, 4) is 0 Å². The first-order chi connectivity index (χ1) is 20.8. The zero-order valence-corrected chi connectivity index (χ0v) is 28.5. The molecule has 7 aliphatic rings. The van der Waals surface area contributed by atoms with E-state index in [-0.39, 0.29) is 35.9 Å². The van der Waals surface area contributed by atoms with E-state index >= 15 is 0 Å². The lowest BCUT2D eigenvalue weighted by Crippen LogP contribution is -2.56. The van der Waals surface area contributed by atoms with Gasteiger partial charge in [-0.3, -0.25) is 4.79 Å². The van der Waals surface area contributed by atoms with Crippen LogP contribution in [0.4, 0.5) is 0 Å². The molecular weight excluding hydrogens is 554 g/mol. The van der Waals surface area contributed by atoms with Gasteiger partial charge in [0.15, 0.2) is 6.29 Å². The molecule has 0 radical (unpaired) electrons. The first-order valence-corrected chi connectivity index (χ1v) is 18.4. The van der Waals surface area contributed by atoms with Gasteiger partial charge in [0, 0.05) is 13.0 Å². The third kappa shape index (κ3) is 4.70. The lowest BCUT2D eigenvalue weighted by atomic mass is 9.46. The summed E-state index contributed by atoms with van der Waals surface area (Å²) in [6, 6.07) is 0. The van der Waals surface area contributed by atoms with Gasteiger partial charge in [-0.2, -0.15) is 0 Å².